The molecule has 0 aliphatic heterocycles. The summed E-state index contributed by atoms with van der Waals surface area (Å²) in [5.41, 5.74) is 7.86. The number of rotatable bonds is 10. The fourth-order valence-electron chi connectivity index (χ4n) is 3.00. The van der Waals surface area contributed by atoms with Crippen LogP contribution >= 0.6 is 11.6 Å². The van der Waals surface area contributed by atoms with Crippen LogP contribution in [-0.4, -0.2) is 29.2 Å². The molecule has 0 radical (unpaired) electrons. The Morgan fingerprint density at radius 2 is 2.03 bits per heavy atom. The summed E-state index contributed by atoms with van der Waals surface area (Å²) in [6, 6.07) is 7.82. The van der Waals surface area contributed by atoms with Crippen molar-refractivity contribution in [3.63, 3.8) is 0 Å². The Morgan fingerprint density at radius 1 is 1.19 bits per heavy atom. The molecule has 9 heteroatoms. The number of hydrogen-bond acceptors (Lipinski definition) is 7. The molecule has 0 saturated heterocycles. The number of nitrogens with one attached hydrogen (secondary N) is 1. The Morgan fingerprint density at radius 3 is 2.81 bits per heavy atom. The van der Waals surface area contributed by atoms with Gasteiger partial charge in [0.1, 0.15) is 23.7 Å². The van der Waals surface area contributed by atoms with Gasteiger partial charge in [0.05, 0.1) is 29.4 Å². The lowest BCUT2D eigenvalue weighted by atomic mass is 10.2. The van der Waals surface area contributed by atoms with Crippen LogP contribution in [0.5, 0.6) is 5.75 Å². The van der Waals surface area contributed by atoms with Crippen LogP contribution in [0.25, 0.3) is 10.9 Å². The molecule has 3 aromatic rings. The van der Waals surface area contributed by atoms with E-state index in [4.69, 9.17) is 26.8 Å². The second-order valence-electron chi connectivity index (χ2n) is 6.85. The van der Waals surface area contributed by atoms with Gasteiger partial charge in [-0.2, -0.15) is 0 Å². The van der Waals surface area contributed by atoms with E-state index in [2.05, 4.69) is 15.3 Å². The molecule has 0 atom stereocenters. The van der Waals surface area contributed by atoms with Crippen molar-refractivity contribution in [3.05, 3.63) is 47.5 Å². The highest BCUT2D eigenvalue weighted by molar-refractivity contribution is 6.31. The van der Waals surface area contributed by atoms with Gasteiger partial charge in [-0.25, -0.2) is 14.4 Å². The summed E-state index contributed by atoms with van der Waals surface area (Å²) in [6.45, 7) is 2.67. The molecule has 0 aliphatic carbocycles. The second kappa shape index (κ2) is 10.8. The molecule has 0 spiro atoms. The van der Waals surface area contributed by atoms with E-state index in [9.17, 15) is 9.18 Å². The Labute approximate surface area is 184 Å². The number of carbonyl (C=O) groups excluding carboxylic acids is 1. The Balaban J connectivity index is 1.63. The van der Waals surface area contributed by atoms with Gasteiger partial charge in [0.2, 0.25) is 0 Å². The van der Waals surface area contributed by atoms with Crippen molar-refractivity contribution in [2.75, 3.05) is 24.3 Å². The molecule has 164 valence electrons. The van der Waals surface area contributed by atoms with Gasteiger partial charge in [-0.1, -0.05) is 11.6 Å². The molecule has 0 fully saturated rings. The number of halogens is 2. The zero-order chi connectivity index (χ0) is 22.2. The number of fused-ring (bicyclic) bond motifs is 1. The average molecular weight is 447 g/mol. The van der Waals surface area contributed by atoms with E-state index in [-0.39, 0.29) is 11.0 Å². The lowest BCUT2D eigenvalue weighted by molar-refractivity contribution is -0.143. The van der Waals surface area contributed by atoms with Crippen LogP contribution in [0.4, 0.5) is 21.6 Å². The zero-order valence-electron chi connectivity index (χ0n) is 17.2. The summed E-state index contributed by atoms with van der Waals surface area (Å²) in [5.74, 6) is 0.387. The van der Waals surface area contributed by atoms with E-state index in [1.54, 1.807) is 25.1 Å². The number of anilines is 3. The fraction of sp³-hybridized carbons (Fsp3) is 0.318. The largest absolute Gasteiger partial charge is 0.491 e. The monoisotopic (exact) mass is 446 g/mol. The lowest BCUT2D eigenvalue weighted by Crippen LogP contribution is -2.04. The molecule has 0 saturated carbocycles. The maximum absolute atomic E-state index is 13.4. The van der Waals surface area contributed by atoms with Crippen LogP contribution < -0.4 is 15.8 Å². The van der Waals surface area contributed by atoms with Crippen LogP contribution in [0.3, 0.4) is 0 Å². The molecule has 2 aromatic carbocycles. The summed E-state index contributed by atoms with van der Waals surface area (Å²) >= 11 is 5.85. The smallest absolute Gasteiger partial charge is 0.305 e. The first-order valence-electron chi connectivity index (χ1n) is 10.0. The molecular weight excluding hydrogens is 423 g/mol. The number of ether oxygens (including phenoxy) is 2. The summed E-state index contributed by atoms with van der Waals surface area (Å²) in [7, 11) is 0. The van der Waals surface area contributed by atoms with Gasteiger partial charge >= 0.3 is 5.97 Å². The maximum Gasteiger partial charge on any atom is 0.305 e. The third-order valence-electron chi connectivity index (χ3n) is 4.54. The summed E-state index contributed by atoms with van der Waals surface area (Å²) in [6.07, 6.45) is 4.23. The van der Waals surface area contributed by atoms with Crippen LogP contribution in [0.2, 0.25) is 5.02 Å². The van der Waals surface area contributed by atoms with E-state index in [0.717, 1.165) is 19.3 Å². The van der Waals surface area contributed by atoms with E-state index in [1.165, 1.54) is 18.5 Å². The summed E-state index contributed by atoms with van der Waals surface area (Å²) in [4.78, 5) is 19.9. The zero-order valence-corrected chi connectivity index (χ0v) is 17.9. The van der Waals surface area contributed by atoms with Crippen molar-refractivity contribution in [1.29, 1.82) is 0 Å². The standard InChI is InChI=1S/C22H24ClFN4O3/c1-2-30-21(29)6-4-3-5-9-31-20-12-19-15(11-18(20)25)22(27-13-26-19)28-14-7-8-17(24)16(23)10-14/h7-8,10-13H,2-6,9,25H2,1H3,(H,26,27,28). The van der Waals surface area contributed by atoms with Gasteiger partial charge < -0.3 is 20.5 Å². The molecule has 0 aliphatic rings. The van der Waals surface area contributed by atoms with Crippen molar-refractivity contribution in [2.45, 2.75) is 32.6 Å². The highest BCUT2D eigenvalue weighted by atomic mass is 35.5. The minimum Gasteiger partial charge on any atom is -0.491 e. The molecule has 0 amide bonds. The molecule has 31 heavy (non-hydrogen) atoms. The van der Waals surface area contributed by atoms with Crippen molar-refractivity contribution in [1.82, 2.24) is 9.97 Å². The lowest BCUT2D eigenvalue weighted by Gasteiger charge is -2.13. The summed E-state index contributed by atoms with van der Waals surface area (Å²) < 4.78 is 24.1. The van der Waals surface area contributed by atoms with Crippen molar-refractivity contribution < 1.29 is 18.7 Å². The van der Waals surface area contributed by atoms with Gasteiger partial charge in [-0.05, 0) is 50.5 Å². The summed E-state index contributed by atoms with van der Waals surface area (Å²) in [5, 5.41) is 3.82. The van der Waals surface area contributed by atoms with Crippen molar-refractivity contribution in [2.24, 2.45) is 0 Å². The third kappa shape index (κ3) is 6.18. The van der Waals surface area contributed by atoms with Gasteiger partial charge in [0.15, 0.2) is 0 Å². The van der Waals surface area contributed by atoms with Crippen LogP contribution in [0, 0.1) is 5.82 Å². The highest BCUT2D eigenvalue weighted by Crippen LogP contribution is 2.32. The Bertz CT molecular complexity index is 1060. The molecule has 0 unspecified atom stereocenters. The third-order valence-corrected chi connectivity index (χ3v) is 4.83. The average Bonchev–Trinajstić information content (AvgIpc) is 2.74. The first-order valence-corrected chi connectivity index (χ1v) is 10.4. The second-order valence-corrected chi connectivity index (χ2v) is 7.25. The molecule has 7 nitrogen and oxygen atoms in total. The highest BCUT2D eigenvalue weighted by Gasteiger charge is 2.11. The number of benzene rings is 2. The number of nitrogens with two attached hydrogens (primary N) is 1. The molecule has 3 N–H and O–H groups in total. The minimum atomic E-state index is -0.494. The molecule has 3 rings (SSSR count). The number of esters is 1. The number of nitrogen functional groups attached to an aromatic ring is 1. The van der Waals surface area contributed by atoms with Crippen molar-refractivity contribution in [3.8, 4) is 5.75 Å². The number of unbranched alkanes of at least 4 members (excludes halogenated alkanes) is 2. The van der Waals surface area contributed by atoms with Crippen LogP contribution in [0.1, 0.15) is 32.6 Å². The first kappa shape index (κ1) is 22.6. The number of aromatic nitrogens is 2. The van der Waals surface area contributed by atoms with Gasteiger partial charge in [-0.3, -0.25) is 4.79 Å². The fourth-order valence-corrected chi connectivity index (χ4v) is 3.18. The minimum absolute atomic E-state index is 0.0146. The van der Waals surface area contributed by atoms with Crippen LogP contribution in [-0.2, 0) is 9.53 Å². The number of carbonyl (C=O) groups is 1. The number of hydrogen-bond donors (Lipinski definition) is 2. The SMILES string of the molecule is CCOC(=O)CCCCCOc1cc2ncnc(Nc3ccc(F)c(Cl)c3)c2cc1N. The topological polar surface area (TPSA) is 99.4 Å². The Hall–Kier alpha value is -3.13. The molecule has 1 aromatic heterocycles. The quantitative estimate of drug-likeness (QED) is 0.249. The van der Waals surface area contributed by atoms with E-state index in [0.29, 0.717) is 53.5 Å². The van der Waals surface area contributed by atoms with E-state index in [1.807, 2.05) is 0 Å². The molecule has 0 bridgehead atoms. The molecule has 1 heterocycles. The van der Waals surface area contributed by atoms with Gasteiger partial charge in [0, 0.05) is 23.6 Å². The molecular formula is C22H24ClFN4O3. The van der Waals surface area contributed by atoms with Gasteiger partial charge in [-0.15, -0.1) is 0 Å². The van der Waals surface area contributed by atoms with Crippen LogP contribution in [0.15, 0.2) is 36.7 Å². The maximum atomic E-state index is 13.4. The predicted molar refractivity (Wildman–Crippen MR) is 119 cm³/mol. The number of nitrogens with zero attached hydrogens (tertiary/aromatic N) is 2. The normalized spacial score (nSPS) is 10.8. The van der Waals surface area contributed by atoms with Gasteiger partial charge in [0.25, 0.3) is 0 Å². The Kier molecular flexibility index (Phi) is 7.83. The van der Waals surface area contributed by atoms with E-state index < -0.39 is 5.82 Å². The van der Waals surface area contributed by atoms with E-state index >= 15 is 0 Å². The van der Waals surface area contributed by atoms with Crippen molar-refractivity contribution >= 4 is 45.7 Å². The predicted octanol–water partition coefficient (Wildman–Crippen LogP) is 5.25. The first-order chi connectivity index (χ1) is 15.0.